The first kappa shape index (κ1) is 15.8. The Hall–Kier alpha value is -1.62. The number of hydrogen-bond donors (Lipinski definition) is 1. The molecule has 21 heavy (non-hydrogen) atoms. The SMILES string of the molecule is CC(NC(=O)c1cccc(Cl)c1[N+](=O)[O-])C1CCCCC1. The molecule has 1 unspecified atom stereocenters. The first-order chi connectivity index (χ1) is 10.0. The predicted octanol–water partition coefficient (Wildman–Crippen LogP) is 3.95. The largest absolute Gasteiger partial charge is 0.349 e. The molecular formula is C15H19ClN2O3. The van der Waals surface area contributed by atoms with Crippen LogP contribution < -0.4 is 5.32 Å². The third-order valence-electron chi connectivity index (χ3n) is 4.13. The molecule has 1 aliphatic rings. The van der Waals surface area contributed by atoms with Crippen LogP contribution in [0.15, 0.2) is 18.2 Å². The summed E-state index contributed by atoms with van der Waals surface area (Å²) in [6, 6.07) is 4.42. The van der Waals surface area contributed by atoms with E-state index in [1.54, 1.807) is 6.07 Å². The van der Waals surface area contributed by atoms with Crippen LogP contribution in [0, 0.1) is 16.0 Å². The van der Waals surface area contributed by atoms with Gasteiger partial charge in [-0.1, -0.05) is 36.9 Å². The van der Waals surface area contributed by atoms with E-state index in [-0.39, 0.29) is 22.3 Å². The molecule has 1 N–H and O–H groups in total. The number of carbonyl (C=O) groups excluding carboxylic acids is 1. The van der Waals surface area contributed by atoms with Crippen LogP contribution in [-0.2, 0) is 0 Å². The number of nitro benzene ring substituents is 1. The molecule has 2 rings (SSSR count). The molecule has 0 radical (unpaired) electrons. The zero-order valence-electron chi connectivity index (χ0n) is 12.0. The molecule has 5 nitrogen and oxygen atoms in total. The van der Waals surface area contributed by atoms with Crippen LogP contribution in [0.25, 0.3) is 0 Å². The summed E-state index contributed by atoms with van der Waals surface area (Å²) < 4.78 is 0. The van der Waals surface area contributed by atoms with Gasteiger partial charge < -0.3 is 5.32 Å². The molecule has 0 bridgehead atoms. The quantitative estimate of drug-likeness (QED) is 0.676. The smallest absolute Gasteiger partial charge is 0.300 e. The highest BCUT2D eigenvalue weighted by atomic mass is 35.5. The van der Waals surface area contributed by atoms with Gasteiger partial charge in [0, 0.05) is 6.04 Å². The maximum Gasteiger partial charge on any atom is 0.300 e. The van der Waals surface area contributed by atoms with Crippen molar-refractivity contribution in [2.45, 2.75) is 45.1 Å². The van der Waals surface area contributed by atoms with Crippen molar-refractivity contribution in [2.75, 3.05) is 0 Å². The van der Waals surface area contributed by atoms with Crippen LogP contribution in [0.5, 0.6) is 0 Å². The maximum absolute atomic E-state index is 12.3. The van der Waals surface area contributed by atoms with Crippen molar-refractivity contribution in [2.24, 2.45) is 5.92 Å². The first-order valence-corrected chi connectivity index (χ1v) is 7.62. The highest BCUT2D eigenvalue weighted by Crippen LogP contribution is 2.29. The van der Waals surface area contributed by atoms with Gasteiger partial charge in [-0.3, -0.25) is 14.9 Å². The van der Waals surface area contributed by atoms with Crippen molar-refractivity contribution in [3.63, 3.8) is 0 Å². The van der Waals surface area contributed by atoms with Gasteiger partial charge in [0.1, 0.15) is 10.6 Å². The van der Waals surface area contributed by atoms with Crippen LogP contribution in [0.1, 0.15) is 49.4 Å². The second-order valence-corrected chi connectivity index (χ2v) is 5.96. The van der Waals surface area contributed by atoms with Crippen LogP contribution in [0.3, 0.4) is 0 Å². The van der Waals surface area contributed by atoms with Crippen molar-refractivity contribution < 1.29 is 9.72 Å². The van der Waals surface area contributed by atoms with Gasteiger partial charge in [-0.15, -0.1) is 0 Å². The normalized spacial score (nSPS) is 17.2. The van der Waals surface area contributed by atoms with Crippen molar-refractivity contribution in [3.05, 3.63) is 38.9 Å². The molecule has 1 fully saturated rings. The third kappa shape index (κ3) is 3.73. The Morgan fingerprint density at radius 1 is 1.38 bits per heavy atom. The molecule has 0 aromatic heterocycles. The fourth-order valence-electron chi connectivity index (χ4n) is 2.92. The number of nitro groups is 1. The summed E-state index contributed by atoms with van der Waals surface area (Å²) in [6.07, 6.45) is 5.81. The average molecular weight is 311 g/mol. The molecule has 1 amide bonds. The Balaban J connectivity index is 2.13. The minimum absolute atomic E-state index is 0.0105. The number of benzene rings is 1. The molecule has 1 aromatic rings. The van der Waals surface area contributed by atoms with E-state index in [0.29, 0.717) is 5.92 Å². The number of nitrogens with zero attached hydrogens (tertiary/aromatic N) is 1. The first-order valence-electron chi connectivity index (χ1n) is 7.24. The molecule has 1 aliphatic carbocycles. The zero-order chi connectivity index (χ0) is 15.4. The average Bonchev–Trinajstić information content (AvgIpc) is 2.47. The zero-order valence-corrected chi connectivity index (χ0v) is 12.7. The second kappa shape index (κ2) is 6.89. The molecule has 1 atom stereocenters. The Kier molecular flexibility index (Phi) is 5.17. The molecule has 0 aliphatic heterocycles. The predicted molar refractivity (Wildman–Crippen MR) is 81.6 cm³/mol. The molecule has 6 heteroatoms. The second-order valence-electron chi connectivity index (χ2n) is 5.55. The molecule has 114 valence electrons. The van der Waals surface area contributed by atoms with E-state index in [9.17, 15) is 14.9 Å². The number of halogens is 1. The number of nitrogens with one attached hydrogen (secondary N) is 1. The monoisotopic (exact) mass is 310 g/mol. The molecule has 0 spiro atoms. The Morgan fingerprint density at radius 2 is 2.05 bits per heavy atom. The lowest BCUT2D eigenvalue weighted by Gasteiger charge is -2.28. The van der Waals surface area contributed by atoms with Gasteiger partial charge in [0.2, 0.25) is 0 Å². The molecule has 1 aromatic carbocycles. The fourth-order valence-corrected chi connectivity index (χ4v) is 3.16. The molecular weight excluding hydrogens is 292 g/mol. The van der Waals surface area contributed by atoms with E-state index in [1.807, 2.05) is 6.92 Å². The summed E-state index contributed by atoms with van der Waals surface area (Å²) in [7, 11) is 0. The van der Waals surface area contributed by atoms with E-state index in [2.05, 4.69) is 5.32 Å². The summed E-state index contributed by atoms with van der Waals surface area (Å²) in [4.78, 5) is 22.8. The number of hydrogen-bond acceptors (Lipinski definition) is 3. The Labute approximate surface area is 128 Å². The summed E-state index contributed by atoms with van der Waals surface area (Å²) in [6.45, 7) is 1.96. The Morgan fingerprint density at radius 3 is 2.67 bits per heavy atom. The van der Waals surface area contributed by atoms with Gasteiger partial charge in [-0.05, 0) is 37.8 Å². The Bertz CT molecular complexity index is 542. The lowest BCUT2D eigenvalue weighted by Crippen LogP contribution is -2.39. The van der Waals surface area contributed by atoms with Crippen LogP contribution in [0.2, 0.25) is 5.02 Å². The van der Waals surface area contributed by atoms with Crippen LogP contribution in [0.4, 0.5) is 5.69 Å². The van der Waals surface area contributed by atoms with E-state index in [0.717, 1.165) is 12.8 Å². The number of amides is 1. The number of rotatable bonds is 4. The summed E-state index contributed by atoms with van der Waals surface area (Å²) in [5, 5.41) is 13.9. The lowest BCUT2D eigenvalue weighted by atomic mass is 9.84. The summed E-state index contributed by atoms with van der Waals surface area (Å²) in [5.74, 6) is 0.0169. The molecule has 0 saturated heterocycles. The van der Waals surface area contributed by atoms with Crippen LogP contribution >= 0.6 is 11.6 Å². The topological polar surface area (TPSA) is 72.2 Å². The summed E-state index contributed by atoms with van der Waals surface area (Å²) >= 11 is 5.83. The van der Waals surface area contributed by atoms with Crippen molar-refractivity contribution in [1.82, 2.24) is 5.32 Å². The molecule has 0 heterocycles. The van der Waals surface area contributed by atoms with Gasteiger partial charge in [-0.25, -0.2) is 0 Å². The minimum Gasteiger partial charge on any atom is -0.349 e. The lowest BCUT2D eigenvalue weighted by molar-refractivity contribution is -0.385. The third-order valence-corrected chi connectivity index (χ3v) is 4.43. The van der Waals surface area contributed by atoms with Crippen molar-refractivity contribution in [1.29, 1.82) is 0 Å². The van der Waals surface area contributed by atoms with E-state index in [4.69, 9.17) is 11.6 Å². The van der Waals surface area contributed by atoms with E-state index >= 15 is 0 Å². The summed E-state index contributed by atoms with van der Waals surface area (Å²) in [5.41, 5.74) is -0.303. The van der Waals surface area contributed by atoms with Gasteiger partial charge in [0.05, 0.1) is 4.92 Å². The van der Waals surface area contributed by atoms with E-state index < -0.39 is 10.8 Å². The number of carbonyl (C=O) groups is 1. The minimum atomic E-state index is -0.609. The maximum atomic E-state index is 12.3. The van der Waals surface area contributed by atoms with Gasteiger partial charge in [0.15, 0.2) is 0 Å². The fraction of sp³-hybridized carbons (Fsp3) is 0.533. The highest BCUT2D eigenvalue weighted by molar-refractivity contribution is 6.33. The highest BCUT2D eigenvalue weighted by Gasteiger charge is 2.27. The molecule has 1 saturated carbocycles. The van der Waals surface area contributed by atoms with Crippen molar-refractivity contribution >= 4 is 23.2 Å². The number of para-hydroxylation sites is 1. The van der Waals surface area contributed by atoms with E-state index in [1.165, 1.54) is 31.4 Å². The van der Waals surface area contributed by atoms with Gasteiger partial charge in [-0.2, -0.15) is 0 Å². The van der Waals surface area contributed by atoms with Crippen LogP contribution in [-0.4, -0.2) is 16.9 Å². The van der Waals surface area contributed by atoms with Gasteiger partial charge >= 0.3 is 5.69 Å². The van der Waals surface area contributed by atoms with Crippen molar-refractivity contribution in [3.8, 4) is 0 Å². The standard InChI is InChI=1S/C15H19ClN2O3/c1-10(11-6-3-2-4-7-11)17-15(19)12-8-5-9-13(16)14(12)18(20)21/h5,8-11H,2-4,6-7H2,1H3,(H,17,19). The van der Waals surface area contributed by atoms with Gasteiger partial charge in [0.25, 0.3) is 5.91 Å².